The molecule has 208 valence electrons. The number of sulfonamides is 1. The zero-order valence-electron chi connectivity index (χ0n) is 22.0. The maximum atomic E-state index is 13.6. The monoisotopic (exact) mass is 559 g/mol. The quantitative estimate of drug-likeness (QED) is 0.249. The first-order valence-electron chi connectivity index (χ1n) is 11.9. The molecule has 3 aromatic carbocycles. The van der Waals surface area contributed by atoms with E-state index in [9.17, 15) is 17.6 Å². The smallest absolute Gasteiger partial charge is 0.264 e. The lowest BCUT2D eigenvalue weighted by Crippen LogP contribution is -2.39. The molecule has 0 spiro atoms. The number of nitrogens with one attached hydrogen (secondary N) is 1. The molecule has 0 unspecified atom stereocenters. The molecular weight excluding hydrogens is 529 g/mol. The summed E-state index contributed by atoms with van der Waals surface area (Å²) in [6, 6.07) is 13.9. The molecule has 0 bridgehead atoms. The van der Waals surface area contributed by atoms with Crippen molar-refractivity contribution < 1.29 is 36.6 Å². The number of halogens is 1. The van der Waals surface area contributed by atoms with Gasteiger partial charge in [0.15, 0.2) is 23.0 Å². The van der Waals surface area contributed by atoms with Crippen LogP contribution in [0.2, 0.25) is 0 Å². The lowest BCUT2D eigenvalue weighted by atomic mass is 10.2. The number of hydrazone groups is 1. The van der Waals surface area contributed by atoms with E-state index in [2.05, 4.69) is 10.5 Å². The molecule has 0 aliphatic rings. The van der Waals surface area contributed by atoms with Crippen molar-refractivity contribution in [3.63, 3.8) is 0 Å². The van der Waals surface area contributed by atoms with Crippen molar-refractivity contribution in [3.05, 3.63) is 72.0 Å². The van der Waals surface area contributed by atoms with Gasteiger partial charge in [0, 0.05) is 6.07 Å². The molecule has 1 N–H and O–H groups in total. The van der Waals surface area contributed by atoms with Crippen LogP contribution in [0.4, 0.5) is 10.1 Å². The van der Waals surface area contributed by atoms with Crippen molar-refractivity contribution in [2.75, 3.05) is 38.3 Å². The molecule has 10 nitrogen and oxygen atoms in total. The van der Waals surface area contributed by atoms with E-state index in [1.165, 1.54) is 50.8 Å². The van der Waals surface area contributed by atoms with E-state index in [0.29, 0.717) is 36.0 Å². The van der Waals surface area contributed by atoms with Gasteiger partial charge in [-0.05, 0) is 74.0 Å². The highest BCUT2D eigenvalue weighted by atomic mass is 32.2. The average molecular weight is 560 g/mol. The van der Waals surface area contributed by atoms with Gasteiger partial charge in [0.1, 0.15) is 12.4 Å². The first kappa shape index (κ1) is 29.2. The van der Waals surface area contributed by atoms with E-state index in [1.807, 2.05) is 13.8 Å². The summed E-state index contributed by atoms with van der Waals surface area (Å²) in [5.41, 5.74) is 3.03. The Bertz CT molecular complexity index is 1410. The second-order valence-electron chi connectivity index (χ2n) is 7.87. The standard InChI is InChI=1S/C27H30FN3O7S/c1-5-37-24-13-7-19(15-26(24)38-6-2)17-29-30-27(32)18-31(21-10-8-20(28)9-11-21)39(33,34)22-12-14-23(35-3)25(16-22)36-4/h7-17H,5-6,18H2,1-4H3,(H,30,32)/b29-17-. The molecule has 0 atom stereocenters. The molecular formula is C27H30FN3O7S. The van der Waals surface area contributed by atoms with Gasteiger partial charge in [-0.2, -0.15) is 5.10 Å². The summed E-state index contributed by atoms with van der Waals surface area (Å²) in [7, 11) is -1.49. The summed E-state index contributed by atoms with van der Waals surface area (Å²) >= 11 is 0. The minimum absolute atomic E-state index is 0.0817. The topological polar surface area (TPSA) is 116 Å². The Kier molecular flexibility index (Phi) is 10.1. The van der Waals surface area contributed by atoms with Crippen LogP contribution in [0.25, 0.3) is 0 Å². The van der Waals surface area contributed by atoms with Crippen molar-refractivity contribution in [2.45, 2.75) is 18.7 Å². The Balaban J connectivity index is 1.84. The Morgan fingerprint density at radius 2 is 1.54 bits per heavy atom. The third-order valence-electron chi connectivity index (χ3n) is 5.32. The first-order chi connectivity index (χ1) is 18.7. The van der Waals surface area contributed by atoms with E-state index in [0.717, 1.165) is 16.4 Å². The zero-order chi connectivity index (χ0) is 28.4. The van der Waals surface area contributed by atoms with Gasteiger partial charge in [-0.15, -0.1) is 0 Å². The van der Waals surface area contributed by atoms with Crippen LogP contribution < -0.4 is 28.7 Å². The van der Waals surface area contributed by atoms with E-state index < -0.39 is 28.3 Å². The van der Waals surface area contributed by atoms with Crippen molar-refractivity contribution in [2.24, 2.45) is 5.10 Å². The summed E-state index contributed by atoms with van der Waals surface area (Å²) < 4.78 is 63.1. The Hall–Kier alpha value is -4.32. The van der Waals surface area contributed by atoms with Crippen LogP contribution in [0.1, 0.15) is 19.4 Å². The molecule has 39 heavy (non-hydrogen) atoms. The number of rotatable bonds is 13. The van der Waals surface area contributed by atoms with Gasteiger partial charge >= 0.3 is 0 Å². The minimum Gasteiger partial charge on any atom is -0.493 e. The molecule has 3 rings (SSSR count). The molecule has 12 heteroatoms. The molecule has 0 aromatic heterocycles. The zero-order valence-corrected chi connectivity index (χ0v) is 22.8. The number of ether oxygens (including phenoxy) is 4. The fourth-order valence-corrected chi connectivity index (χ4v) is 4.96. The SMILES string of the molecule is CCOc1ccc(/C=N\NC(=O)CN(c2ccc(F)cc2)S(=O)(=O)c2ccc(OC)c(OC)c2)cc1OCC. The number of hydrogen-bond donors (Lipinski definition) is 1. The highest BCUT2D eigenvalue weighted by Crippen LogP contribution is 2.32. The molecule has 0 fully saturated rings. The first-order valence-corrected chi connectivity index (χ1v) is 13.4. The molecule has 0 aliphatic carbocycles. The minimum atomic E-state index is -4.29. The molecule has 0 aliphatic heterocycles. The normalized spacial score (nSPS) is 11.2. The largest absolute Gasteiger partial charge is 0.493 e. The van der Waals surface area contributed by atoms with Gasteiger partial charge in [0.25, 0.3) is 15.9 Å². The van der Waals surface area contributed by atoms with E-state index in [1.54, 1.807) is 18.2 Å². The second kappa shape index (κ2) is 13.5. The Labute approximate surface area is 227 Å². The highest BCUT2D eigenvalue weighted by molar-refractivity contribution is 7.92. The third-order valence-corrected chi connectivity index (χ3v) is 7.08. The van der Waals surface area contributed by atoms with Crippen LogP contribution in [-0.2, 0) is 14.8 Å². The predicted molar refractivity (Wildman–Crippen MR) is 145 cm³/mol. The third kappa shape index (κ3) is 7.38. The van der Waals surface area contributed by atoms with Crippen molar-refractivity contribution in [1.29, 1.82) is 0 Å². The van der Waals surface area contributed by atoms with Gasteiger partial charge in [-0.3, -0.25) is 9.10 Å². The van der Waals surface area contributed by atoms with Crippen molar-refractivity contribution in [1.82, 2.24) is 5.43 Å². The Morgan fingerprint density at radius 3 is 2.18 bits per heavy atom. The van der Waals surface area contributed by atoms with Crippen LogP contribution in [0.3, 0.4) is 0 Å². The summed E-state index contributed by atoms with van der Waals surface area (Å²) in [6.07, 6.45) is 1.39. The number of benzene rings is 3. The van der Waals surface area contributed by atoms with Gasteiger partial charge in [-0.25, -0.2) is 18.2 Å². The highest BCUT2D eigenvalue weighted by Gasteiger charge is 2.28. The van der Waals surface area contributed by atoms with Crippen molar-refractivity contribution >= 4 is 27.8 Å². The van der Waals surface area contributed by atoms with Crippen LogP contribution in [0, 0.1) is 5.82 Å². The number of amides is 1. The number of methoxy groups -OCH3 is 2. The van der Waals surface area contributed by atoms with Gasteiger partial charge < -0.3 is 18.9 Å². The van der Waals surface area contributed by atoms with Gasteiger partial charge in [-0.1, -0.05) is 0 Å². The Morgan fingerprint density at radius 1 is 0.897 bits per heavy atom. The van der Waals surface area contributed by atoms with E-state index in [4.69, 9.17) is 18.9 Å². The second-order valence-corrected chi connectivity index (χ2v) is 9.73. The summed E-state index contributed by atoms with van der Waals surface area (Å²) in [6.45, 7) is 3.99. The maximum Gasteiger partial charge on any atom is 0.264 e. The van der Waals surface area contributed by atoms with Crippen LogP contribution in [-0.4, -0.2) is 54.5 Å². The van der Waals surface area contributed by atoms with E-state index in [-0.39, 0.29) is 16.3 Å². The molecule has 0 saturated heterocycles. The van der Waals surface area contributed by atoms with Gasteiger partial charge in [0.2, 0.25) is 0 Å². The lowest BCUT2D eigenvalue weighted by Gasteiger charge is -2.24. The number of anilines is 1. The summed E-state index contributed by atoms with van der Waals surface area (Å²) in [5, 5.41) is 3.95. The fourth-order valence-electron chi connectivity index (χ4n) is 3.52. The summed E-state index contributed by atoms with van der Waals surface area (Å²) in [5.74, 6) is 0.342. The number of nitrogens with zero attached hydrogens (tertiary/aromatic N) is 2. The average Bonchev–Trinajstić information content (AvgIpc) is 2.93. The fraction of sp³-hybridized carbons (Fsp3) is 0.259. The van der Waals surface area contributed by atoms with E-state index >= 15 is 0 Å². The van der Waals surface area contributed by atoms with Crippen molar-refractivity contribution in [3.8, 4) is 23.0 Å². The number of carbonyl (C=O) groups excluding carboxylic acids is 1. The van der Waals surface area contributed by atoms with Crippen LogP contribution >= 0.6 is 0 Å². The van der Waals surface area contributed by atoms with Gasteiger partial charge in [0.05, 0.1) is 44.2 Å². The molecule has 0 heterocycles. The predicted octanol–water partition coefficient (Wildman–Crippen LogP) is 3.99. The molecule has 1 amide bonds. The summed E-state index contributed by atoms with van der Waals surface area (Å²) in [4.78, 5) is 12.6. The molecule has 0 radical (unpaired) electrons. The molecule has 3 aromatic rings. The number of carbonyl (C=O) groups is 1. The van der Waals surface area contributed by atoms with Crippen LogP contribution in [0.15, 0.2) is 70.7 Å². The lowest BCUT2D eigenvalue weighted by molar-refractivity contribution is -0.119. The maximum absolute atomic E-state index is 13.6. The number of hydrogen-bond acceptors (Lipinski definition) is 8. The molecule has 0 saturated carbocycles. The van der Waals surface area contributed by atoms with Crippen LogP contribution in [0.5, 0.6) is 23.0 Å².